The van der Waals surface area contributed by atoms with E-state index in [9.17, 15) is 0 Å². The molecule has 5 heteroatoms. The number of aryl methyl sites for hydroxylation is 1. The number of fused-ring (bicyclic) bond motifs is 1. The summed E-state index contributed by atoms with van der Waals surface area (Å²) in [6.45, 7) is 5.42. The van der Waals surface area contributed by atoms with Crippen LogP contribution in [0.1, 0.15) is 11.3 Å². The highest BCUT2D eigenvalue weighted by molar-refractivity contribution is 5.84. The lowest BCUT2D eigenvalue weighted by atomic mass is 9.96. The topological polar surface area (TPSA) is 37.2 Å². The van der Waals surface area contributed by atoms with Gasteiger partial charge in [-0.3, -0.25) is 9.88 Å². The molecule has 1 saturated heterocycles. The number of aromatic nitrogens is 3. The van der Waals surface area contributed by atoms with Crippen molar-refractivity contribution in [2.45, 2.75) is 13.0 Å². The average Bonchev–Trinajstić information content (AvgIpc) is 2.95. The molecule has 0 bridgehead atoms. The molecule has 0 radical (unpaired) electrons. The minimum Gasteiger partial charge on any atom is -0.337 e. The molecule has 0 unspecified atom stereocenters. The van der Waals surface area contributed by atoms with Crippen LogP contribution < -0.4 is 0 Å². The summed E-state index contributed by atoms with van der Waals surface area (Å²) in [6.07, 6.45) is 8.96. The van der Waals surface area contributed by atoms with Crippen molar-refractivity contribution in [3.63, 3.8) is 0 Å². The zero-order valence-electron chi connectivity index (χ0n) is 15.7. The summed E-state index contributed by atoms with van der Waals surface area (Å²) in [5.41, 5.74) is 2.64. The van der Waals surface area contributed by atoms with Crippen LogP contribution in [0.2, 0.25) is 0 Å². The van der Waals surface area contributed by atoms with Crippen molar-refractivity contribution in [1.29, 1.82) is 0 Å². The molecule has 2 aromatic heterocycles. The SMILES string of the molecule is CN1CCN(Cc2cncn2C)C[C@H](Cc2cncc3ccccc23)C1. The van der Waals surface area contributed by atoms with Crippen molar-refractivity contribution >= 4 is 10.8 Å². The summed E-state index contributed by atoms with van der Waals surface area (Å²) in [5, 5.41) is 2.58. The third kappa shape index (κ3) is 3.79. The number of likely N-dealkylation sites (N-methyl/N-ethyl adjacent to an activating group) is 1. The normalized spacial score (nSPS) is 19.7. The van der Waals surface area contributed by atoms with Crippen molar-refractivity contribution in [3.8, 4) is 0 Å². The first kappa shape index (κ1) is 17.2. The average molecular weight is 349 g/mol. The summed E-state index contributed by atoms with van der Waals surface area (Å²) in [7, 11) is 4.31. The van der Waals surface area contributed by atoms with E-state index in [2.05, 4.69) is 68.9 Å². The quantitative estimate of drug-likeness (QED) is 0.725. The predicted molar refractivity (Wildman–Crippen MR) is 105 cm³/mol. The van der Waals surface area contributed by atoms with Gasteiger partial charge in [0.25, 0.3) is 0 Å². The van der Waals surface area contributed by atoms with Gasteiger partial charge in [-0.25, -0.2) is 4.98 Å². The first-order chi connectivity index (χ1) is 12.7. The van der Waals surface area contributed by atoms with Crippen molar-refractivity contribution in [2.24, 2.45) is 13.0 Å². The van der Waals surface area contributed by atoms with Gasteiger partial charge in [0.15, 0.2) is 0 Å². The highest BCUT2D eigenvalue weighted by atomic mass is 15.2. The van der Waals surface area contributed by atoms with E-state index >= 15 is 0 Å². The second-order valence-electron chi connectivity index (χ2n) is 7.58. The molecule has 5 nitrogen and oxygen atoms in total. The minimum absolute atomic E-state index is 0.600. The predicted octanol–water partition coefficient (Wildman–Crippen LogP) is 2.57. The van der Waals surface area contributed by atoms with E-state index < -0.39 is 0 Å². The van der Waals surface area contributed by atoms with E-state index in [0.29, 0.717) is 5.92 Å². The summed E-state index contributed by atoms with van der Waals surface area (Å²) in [4.78, 5) is 13.8. The molecule has 0 N–H and O–H groups in total. The first-order valence-corrected chi connectivity index (χ1v) is 9.37. The van der Waals surface area contributed by atoms with Crippen LogP contribution in [0, 0.1) is 5.92 Å². The Bertz CT molecular complexity index is 866. The van der Waals surface area contributed by atoms with Gasteiger partial charge in [-0.1, -0.05) is 24.3 Å². The lowest BCUT2D eigenvalue weighted by Gasteiger charge is -2.24. The molecule has 4 rings (SSSR count). The zero-order chi connectivity index (χ0) is 17.9. The Morgan fingerprint density at radius 2 is 1.88 bits per heavy atom. The standard InChI is InChI=1S/C21H27N5/c1-24-7-8-26(15-20-12-23-16-25(20)2)14-17(13-24)9-19-11-22-10-18-5-3-4-6-21(18)19/h3-6,10-12,16-17H,7-9,13-15H2,1-2H3/t17-/m1/s1. The number of hydrogen-bond donors (Lipinski definition) is 0. The van der Waals surface area contributed by atoms with Crippen LogP contribution in [0.4, 0.5) is 0 Å². The Morgan fingerprint density at radius 3 is 2.73 bits per heavy atom. The monoisotopic (exact) mass is 349 g/mol. The maximum atomic E-state index is 4.47. The van der Waals surface area contributed by atoms with Crippen LogP contribution in [-0.4, -0.2) is 57.6 Å². The van der Waals surface area contributed by atoms with Gasteiger partial charge in [0.2, 0.25) is 0 Å². The number of rotatable bonds is 4. The van der Waals surface area contributed by atoms with Gasteiger partial charge in [0.1, 0.15) is 0 Å². The fourth-order valence-electron chi connectivity index (χ4n) is 4.05. The molecular weight excluding hydrogens is 322 g/mol. The first-order valence-electron chi connectivity index (χ1n) is 9.37. The van der Waals surface area contributed by atoms with Crippen LogP contribution in [0.3, 0.4) is 0 Å². The number of benzene rings is 1. The minimum atomic E-state index is 0.600. The second-order valence-corrected chi connectivity index (χ2v) is 7.58. The van der Waals surface area contributed by atoms with Gasteiger partial charge in [0.05, 0.1) is 12.0 Å². The highest BCUT2D eigenvalue weighted by Gasteiger charge is 2.22. The van der Waals surface area contributed by atoms with Crippen molar-refractivity contribution in [1.82, 2.24) is 24.3 Å². The Kier molecular flexibility index (Phi) is 5.00. The molecule has 136 valence electrons. The van der Waals surface area contributed by atoms with E-state index in [1.807, 2.05) is 18.7 Å². The Morgan fingerprint density at radius 1 is 1.00 bits per heavy atom. The molecule has 0 spiro atoms. The smallest absolute Gasteiger partial charge is 0.0945 e. The molecular formula is C21H27N5. The molecule has 0 aliphatic carbocycles. The highest BCUT2D eigenvalue weighted by Crippen LogP contribution is 2.22. The summed E-state index contributed by atoms with van der Waals surface area (Å²) >= 11 is 0. The Labute approximate surface area is 155 Å². The molecule has 1 aliphatic heterocycles. The van der Waals surface area contributed by atoms with Gasteiger partial charge >= 0.3 is 0 Å². The molecule has 1 atom stereocenters. The fraction of sp³-hybridized carbons (Fsp3) is 0.429. The van der Waals surface area contributed by atoms with E-state index in [0.717, 1.165) is 39.1 Å². The lowest BCUT2D eigenvalue weighted by Crippen LogP contribution is -2.31. The molecule has 0 amide bonds. The third-order valence-electron chi connectivity index (χ3n) is 5.45. The van der Waals surface area contributed by atoms with Crippen LogP contribution in [0.25, 0.3) is 10.8 Å². The second kappa shape index (κ2) is 7.56. The van der Waals surface area contributed by atoms with Gasteiger partial charge < -0.3 is 9.47 Å². The Hall–Kier alpha value is -2.24. The summed E-state index contributed by atoms with van der Waals surface area (Å²) in [6, 6.07) is 8.59. The van der Waals surface area contributed by atoms with Crippen molar-refractivity contribution < 1.29 is 0 Å². The molecule has 3 heterocycles. The maximum absolute atomic E-state index is 4.47. The zero-order valence-corrected chi connectivity index (χ0v) is 15.7. The van der Waals surface area contributed by atoms with E-state index in [-0.39, 0.29) is 0 Å². The lowest BCUT2D eigenvalue weighted by molar-refractivity contribution is 0.244. The van der Waals surface area contributed by atoms with E-state index in [1.54, 1.807) is 0 Å². The largest absolute Gasteiger partial charge is 0.337 e. The molecule has 0 saturated carbocycles. The van der Waals surface area contributed by atoms with Gasteiger partial charge in [-0.2, -0.15) is 0 Å². The number of pyridine rings is 1. The number of nitrogens with zero attached hydrogens (tertiary/aromatic N) is 5. The van der Waals surface area contributed by atoms with Crippen molar-refractivity contribution in [3.05, 3.63) is 60.4 Å². The van der Waals surface area contributed by atoms with Crippen LogP contribution >= 0.6 is 0 Å². The molecule has 1 aliphatic rings. The fourth-order valence-corrected chi connectivity index (χ4v) is 4.05. The summed E-state index contributed by atoms with van der Waals surface area (Å²) in [5.74, 6) is 0.600. The van der Waals surface area contributed by atoms with Gasteiger partial charge in [-0.05, 0) is 30.3 Å². The van der Waals surface area contributed by atoms with Gasteiger partial charge in [-0.15, -0.1) is 0 Å². The third-order valence-corrected chi connectivity index (χ3v) is 5.45. The van der Waals surface area contributed by atoms with Crippen LogP contribution in [-0.2, 0) is 20.0 Å². The van der Waals surface area contributed by atoms with Gasteiger partial charge in [0, 0.05) is 63.7 Å². The Balaban J connectivity index is 1.53. The molecule has 26 heavy (non-hydrogen) atoms. The molecule has 1 fully saturated rings. The number of imidazole rings is 1. The van der Waals surface area contributed by atoms with Crippen LogP contribution in [0.15, 0.2) is 49.2 Å². The van der Waals surface area contributed by atoms with Crippen LogP contribution in [0.5, 0.6) is 0 Å². The molecule has 1 aromatic carbocycles. The number of hydrogen-bond acceptors (Lipinski definition) is 4. The van der Waals surface area contributed by atoms with E-state index in [4.69, 9.17) is 0 Å². The van der Waals surface area contributed by atoms with Crippen molar-refractivity contribution in [2.75, 3.05) is 33.2 Å². The summed E-state index contributed by atoms with van der Waals surface area (Å²) < 4.78 is 2.12. The van der Waals surface area contributed by atoms with E-state index in [1.165, 1.54) is 22.0 Å². The molecule has 3 aromatic rings. The maximum Gasteiger partial charge on any atom is 0.0945 e.